The molecule has 0 saturated heterocycles. The molecule has 3 heterocycles. The van der Waals surface area contributed by atoms with E-state index in [0.29, 0.717) is 17.1 Å². The summed E-state index contributed by atoms with van der Waals surface area (Å²) in [5.41, 5.74) is 4.15. The van der Waals surface area contributed by atoms with Crippen molar-refractivity contribution in [2.24, 2.45) is 0 Å². The molecular formula is C20H15FN4. The van der Waals surface area contributed by atoms with Gasteiger partial charge in [-0.25, -0.2) is 14.1 Å². The average molecular weight is 330 g/mol. The molecule has 4 aromatic rings. The van der Waals surface area contributed by atoms with E-state index in [4.69, 9.17) is 0 Å². The van der Waals surface area contributed by atoms with Crippen molar-refractivity contribution in [3.8, 4) is 28.2 Å². The van der Waals surface area contributed by atoms with Gasteiger partial charge in [0, 0.05) is 35.9 Å². The van der Waals surface area contributed by atoms with Crippen molar-refractivity contribution in [2.45, 2.75) is 6.92 Å². The number of benzene rings is 1. The molecule has 4 nitrogen and oxygen atoms in total. The van der Waals surface area contributed by atoms with Gasteiger partial charge in [0.15, 0.2) is 5.82 Å². The summed E-state index contributed by atoms with van der Waals surface area (Å²) in [6, 6.07) is 14.3. The second-order valence-corrected chi connectivity index (χ2v) is 5.75. The maximum atomic E-state index is 14.2. The zero-order valence-electron chi connectivity index (χ0n) is 13.6. The van der Waals surface area contributed by atoms with Crippen molar-refractivity contribution in [2.75, 3.05) is 0 Å². The minimum atomic E-state index is -0.303. The van der Waals surface area contributed by atoms with Crippen LogP contribution in [-0.4, -0.2) is 19.7 Å². The fraction of sp³-hybridized carbons (Fsp3) is 0.0500. The largest absolute Gasteiger partial charge is 0.264 e. The molecule has 1 aromatic carbocycles. The minimum Gasteiger partial charge on any atom is -0.264 e. The summed E-state index contributed by atoms with van der Waals surface area (Å²) >= 11 is 0. The molecule has 0 N–H and O–H groups in total. The first-order valence-corrected chi connectivity index (χ1v) is 7.90. The van der Waals surface area contributed by atoms with Gasteiger partial charge in [-0.05, 0) is 60.5 Å². The van der Waals surface area contributed by atoms with E-state index in [0.717, 1.165) is 16.7 Å². The summed E-state index contributed by atoms with van der Waals surface area (Å²) in [5, 5.41) is 4.52. The van der Waals surface area contributed by atoms with Crippen molar-refractivity contribution in [1.29, 1.82) is 0 Å². The Balaban J connectivity index is 1.77. The maximum absolute atomic E-state index is 14.2. The van der Waals surface area contributed by atoms with E-state index in [-0.39, 0.29) is 5.82 Å². The zero-order valence-corrected chi connectivity index (χ0v) is 13.6. The molecular weight excluding hydrogens is 315 g/mol. The Morgan fingerprint density at radius 1 is 0.960 bits per heavy atom. The van der Waals surface area contributed by atoms with Crippen LogP contribution in [0.25, 0.3) is 28.2 Å². The number of hydrogen-bond donors (Lipinski definition) is 0. The minimum absolute atomic E-state index is 0.303. The van der Waals surface area contributed by atoms with Gasteiger partial charge in [-0.15, -0.1) is 0 Å². The van der Waals surface area contributed by atoms with E-state index < -0.39 is 0 Å². The third-order valence-electron chi connectivity index (χ3n) is 4.02. The third-order valence-corrected chi connectivity index (χ3v) is 4.02. The molecule has 0 radical (unpaired) electrons. The molecule has 0 unspecified atom stereocenters. The zero-order chi connectivity index (χ0) is 17.2. The standard InChI is InChI=1S/C20H15FN4/c1-14-5-8-22-13-18(14)15-10-16(12-17(21)11-15)19-6-9-25(24-19)20-4-2-3-7-23-20/h2-13H,1H3. The highest BCUT2D eigenvalue weighted by molar-refractivity contribution is 5.73. The van der Waals surface area contributed by atoms with Gasteiger partial charge in [0.2, 0.25) is 0 Å². The Labute approximate surface area is 144 Å². The first-order valence-electron chi connectivity index (χ1n) is 7.90. The molecule has 3 aromatic heterocycles. The van der Waals surface area contributed by atoms with Crippen LogP contribution in [0.5, 0.6) is 0 Å². The van der Waals surface area contributed by atoms with Crippen LogP contribution in [0.3, 0.4) is 0 Å². The van der Waals surface area contributed by atoms with Gasteiger partial charge < -0.3 is 0 Å². The summed E-state index contributed by atoms with van der Waals surface area (Å²) in [6.07, 6.45) is 7.01. The lowest BCUT2D eigenvalue weighted by Gasteiger charge is -2.07. The highest BCUT2D eigenvalue weighted by atomic mass is 19.1. The smallest absolute Gasteiger partial charge is 0.153 e. The van der Waals surface area contributed by atoms with Crippen LogP contribution in [0, 0.1) is 12.7 Å². The molecule has 0 atom stereocenters. The van der Waals surface area contributed by atoms with Crippen molar-refractivity contribution in [1.82, 2.24) is 19.7 Å². The molecule has 0 saturated carbocycles. The second-order valence-electron chi connectivity index (χ2n) is 5.75. The quantitative estimate of drug-likeness (QED) is 0.557. The second kappa shape index (κ2) is 6.28. The first kappa shape index (κ1) is 15.2. The predicted molar refractivity (Wildman–Crippen MR) is 94.7 cm³/mol. The SMILES string of the molecule is Cc1ccncc1-c1cc(F)cc(-c2ccn(-c3ccccn3)n2)c1. The van der Waals surface area contributed by atoms with Crippen molar-refractivity contribution in [3.05, 3.63) is 84.7 Å². The molecule has 122 valence electrons. The van der Waals surface area contributed by atoms with Crippen LogP contribution in [-0.2, 0) is 0 Å². The lowest BCUT2D eigenvalue weighted by Crippen LogP contribution is -1.97. The Morgan fingerprint density at radius 3 is 2.64 bits per heavy atom. The Kier molecular flexibility index (Phi) is 3.82. The van der Waals surface area contributed by atoms with Crippen molar-refractivity contribution in [3.63, 3.8) is 0 Å². The van der Waals surface area contributed by atoms with Gasteiger partial charge in [0.1, 0.15) is 5.82 Å². The fourth-order valence-corrected chi connectivity index (χ4v) is 2.75. The van der Waals surface area contributed by atoms with Gasteiger partial charge in [-0.2, -0.15) is 5.10 Å². The fourth-order valence-electron chi connectivity index (χ4n) is 2.75. The Hall–Kier alpha value is -3.34. The number of halogens is 1. The molecule has 0 fully saturated rings. The van der Waals surface area contributed by atoms with Gasteiger partial charge in [-0.1, -0.05) is 6.07 Å². The molecule has 0 amide bonds. The summed E-state index contributed by atoms with van der Waals surface area (Å²) in [5.74, 6) is 0.414. The average Bonchev–Trinajstić information content (AvgIpc) is 3.12. The summed E-state index contributed by atoms with van der Waals surface area (Å²) in [6.45, 7) is 1.98. The number of aryl methyl sites for hydroxylation is 1. The van der Waals surface area contributed by atoms with E-state index in [1.165, 1.54) is 12.1 Å². The van der Waals surface area contributed by atoms with E-state index in [2.05, 4.69) is 15.1 Å². The summed E-state index contributed by atoms with van der Waals surface area (Å²) in [7, 11) is 0. The Morgan fingerprint density at radius 2 is 1.84 bits per heavy atom. The molecule has 4 rings (SSSR count). The van der Waals surface area contributed by atoms with Crippen molar-refractivity contribution < 1.29 is 4.39 Å². The normalized spacial score (nSPS) is 10.8. The van der Waals surface area contributed by atoms with Gasteiger partial charge in [-0.3, -0.25) is 4.98 Å². The molecule has 25 heavy (non-hydrogen) atoms. The summed E-state index contributed by atoms with van der Waals surface area (Å²) in [4.78, 5) is 8.42. The van der Waals surface area contributed by atoms with Crippen LogP contribution < -0.4 is 0 Å². The lowest BCUT2D eigenvalue weighted by molar-refractivity contribution is 0.628. The number of nitrogens with zero attached hydrogens (tertiary/aromatic N) is 4. The molecule has 0 aliphatic carbocycles. The molecule has 5 heteroatoms. The van der Waals surface area contributed by atoms with Crippen LogP contribution in [0.1, 0.15) is 5.56 Å². The van der Waals surface area contributed by atoms with Crippen LogP contribution in [0.15, 0.2) is 73.3 Å². The number of hydrogen-bond acceptors (Lipinski definition) is 3. The highest BCUT2D eigenvalue weighted by Crippen LogP contribution is 2.28. The van der Waals surface area contributed by atoms with E-state index in [1.807, 2.05) is 49.5 Å². The van der Waals surface area contributed by atoms with E-state index in [9.17, 15) is 4.39 Å². The highest BCUT2D eigenvalue weighted by Gasteiger charge is 2.10. The lowest BCUT2D eigenvalue weighted by atomic mass is 10.00. The number of pyridine rings is 2. The summed E-state index contributed by atoms with van der Waals surface area (Å²) < 4.78 is 15.9. The van der Waals surface area contributed by atoms with Crippen LogP contribution >= 0.6 is 0 Å². The Bertz CT molecular complexity index is 1020. The maximum Gasteiger partial charge on any atom is 0.153 e. The molecule has 0 aliphatic heterocycles. The predicted octanol–water partition coefficient (Wildman–Crippen LogP) is 4.44. The van der Waals surface area contributed by atoms with Crippen molar-refractivity contribution >= 4 is 0 Å². The van der Waals surface area contributed by atoms with Gasteiger partial charge in [0.25, 0.3) is 0 Å². The monoisotopic (exact) mass is 330 g/mol. The van der Waals surface area contributed by atoms with Crippen LogP contribution in [0.2, 0.25) is 0 Å². The van der Waals surface area contributed by atoms with E-state index in [1.54, 1.807) is 23.3 Å². The molecule has 0 bridgehead atoms. The van der Waals surface area contributed by atoms with Crippen LogP contribution in [0.4, 0.5) is 4.39 Å². The third kappa shape index (κ3) is 3.04. The van der Waals surface area contributed by atoms with E-state index >= 15 is 0 Å². The number of rotatable bonds is 3. The first-order chi connectivity index (χ1) is 12.2. The van der Waals surface area contributed by atoms with Gasteiger partial charge >= 0.3 is 0 Å². The topological polar surface area (TPSA) is 43.6 Å². The molecule has 0 aliphatic rings. The molecule has 0 spiro atoms. The van der Waals surface area contributed by atoms with Gasteiger partial charge in [0.05, 0.1) is 5.69 Å². The number of aromatic nitrogens is 4.